The summed E-state index contributed by atoms with van der Waals surface area (Å²) >= 11 is 0. The van der Waals surface area contributed by atoms with Crippen molar-refractivity contribution < 1.29 is 37.9 Å². The average molecular weight is 868 g/mol. The smallest absolute Gasteiger partial charge is 0.306 e. The first-order chi connectivity index (χ1) is 28.9. The number of hydrogen-bond donors (Lipinski definition) is 1. The predicted molar refractivity (Wildman–Crippen MR) is 253 cm³/mol. The molecular formula is C51H98NO7P. The summed E-state index contributed by atoms with van der Waals surface area (Å²) in [4.78, 5) is 38.3. The van der Waals surface area contributed by atoms with Gasteiger partial charge in [0, 0.05) is 25.2 Å². The molecule has 0 aliphatic heterocycles. The monoisotopic (exact) mass is 868 g/mol. The van der Waals surface area contributed by atoms with Gasteiger partial charge in [0.05, 0.1) is 34.4 Å². The van der Waals surface area contributed by atoms with E-state index < -0.39 is 32.1 Å². The molecule has 0 rings (SSSR count). The van der Waals surface area contributed by atoms with E-state index in [1.165, 1.54) is 141 Å². The maximum absolute atomic E-state index is 13.3. The Kier molecular flexibility index (Phi) is 39.6. The molecule has 8 nitrogen and oxygen atoms in total. The summed E-state index contributed by atoms with van der Waals surface area (Å²) in [7, 11) is 1.16. The molecule has 0 aromatic carbocycles. The van der Waals surface area contributed by atoms with E-state index in [9.17, 15) is 24.2 Å². The van der Waals surface area contributed by atoms with Crippen LogP contribution in [0.3, 0.4) is 0 Å². The highest BCUT2D eigenvalue weighted by atomic mass is 31.2. The number of allylic oxidation sites excluding steroid dienone is 4. The number of esters is 1. The molecule has 1 N–H and O–H groups in total. The highest BCUT2D eigenvalue weighted by molar-refractivity contribution is 7.51. The van der Waals surface area contributed by atoms with E-state index in [1.807, 2.05) is 0 Å². The molecule has 0 bridgehead atoms. The number of nitrogens with zero attached hydrogens (tertiary/aromatic N) is 1. The van der Waals surface area contributed by atoms with Gasteiger partial charge in [-0.1, -0.05) is 186 Å². The topological polar surface area (TPSA) is 113 Å². The Labute approximate surface area is 371 Å². The number of aliphatic hydroxyl groups is 1. The maximum Gasteiger partial charge on any atom is 0.306 e. The van der Waals surface area contributed by atoms with Gasteiger partial charge in [0.25, 0.3) is 0 Å². The number of hydrogen-bond acceptors (Lipinski definition) is 7. The number of carbonyl (C=O) groups is 2. The number of carbonyl (C=O) groups excluding carboxylic acids is 2. The normalized spacial score (nSPS) is 14.8. The van der Waals surface area contributed by atoms with Gasteiger partial charge in [-0.05, 0) is 57.8 Å². The first-order valence-corrected chi connectivity index (χ1v) is 26.9. The van der Waals surface area contributed by atoms with E-state index >= 15 is 0 Å². The van der Waals surface area contributed by atoms with Crippen molar-refractivity contribution in [3.05, 3.63) is 24.3 Å². The molecule has 354 valence electrons. The summed E-state index contributed by atoms with van der Waals surface area (Å²) in [6.07, 6.45) is 47.4. The van der Waals surface area contributed by atoms with E-state index in [1.54, 1.807) is 28.1 Å². The van der Waals surface area contributed by atoms with Crippen LogP contribution in [0.15, 0.2) is 24.3 Å². The second-order valence-corrected chi connectivity index (χ2v) is 20.5. The van der Waals surface area contributed by atoms with Crippen LogP contribution in [0.1, 0.15) is 239 Å². The van der Waals surface area contributed by atoms with Crippen LogP contribution in [0, 0.1) is 5.92 Å². The van der Waals surface area contributed by atoms with E-state index in [-0.39, 0.29) is 23.4 Å². The number of ketones is 1. The van der Waals surface area contributed by atoms with Gasteiger partial charge in [-0.3, -0.25) is 9.59 Å². The molecule has 0 amide bonds. The number of aliphatic hydroxyl groups excluding tert-OH is 1. The van der Waals surface area contributed by atoms with Crippen molar-refractivity contribution in [3.8, 4) is 0 Å². The van der Waals surface area contributed by atoms with Crippen LogP contribution in [0.2, 0.25) is 0 Å². The van der Waals surface area contributed by atoms with Gasteiger partial charge in [-0.2, -0.15) is 0 Å². The summed E-state index contributed by atoms with van der Waals surface area (Å²) in [6, 6.07) is 0. The maximum atomic E-state index is 13.3. The first kappa shape index (κ1) is 58.7. The molecule has 60 heavy (non-hydrogen) atoms. The van der Waals surface area contributed by atoms with E-state index in [0.29, 0.717) is 25.0 Å². The zero-order valence-corrected chi connectivity index (χ0v) is 41.2. The molecule has 0 fully saturated rings. The molecule has 0 aromatic rings. The third kappa shape index (κ3) is 35.2. The second kappa shape index (κ2) is 40.5. The van der Waals surface area contributed by atoms with Crippen molar-refractivity contribution in [2.24, 2.45) is 5.92 Å². The van der Waals surface area contributed by atoms with Crippen molar-refractivity contribution in [1.29, 1.82) is 0 Å². The zero-order valence-electron chi connectivity index (χ0n) is 40.3. The van der Waals surface area contributed by atoms with Crippen LogP contribution < -0.4 is 4.89 Å². The fourth-order valence-electron chi connectivity index (χ4n) is 8.11. The van der Waals surface area contributed by atoms with Gasteiger partial charge in [0.2, 0.25) is 0 Å². The molecule has 0 aliphatic rings. The number of rotatable bonds is 45. The fourth-order valence-corrected chi connectivity index (χ4v) is 9.95. The summed E-state index contributed by atoms with van der Waals surface area (Å²) in [6.45, 7) is 5.44. The van der Waals surface area contributed by atoms with Crippen LogP contribution in [0.25, 0.3) is 0 Å². The lowest BCUT2D eigenvalue weighted by atomic mass is 9.92. The Bertz CT molecular complexity index is 1100. The number of ether oxygens (including phenoxy) is 1. The lowest BCUT2D eigenvalue weighted by Gasteiger charge is -2.41. The molecular weight excluding hydrogens is 770 g/mol. The first-order valence-electron chi connectivity index (χ1n) is 25.3. The Morgan fingerprint density at radius 3 is 1.47 bits per heavy atom. The van der Waals surface area contributed by atoms with Crippen molar-refractivity contribution in [3.63, 3.8) is 0 Å². The third-order valence-corrected chi connectivity index (χ3v) is 14.2. The zero-order chi connectivity index (χ0) is 44.6. The van der Waals surface area contributed by atoms with Gasteiger partial charge in [0.1, 0.15) is 11.9 Å². The highest BCUT2D eigenvalue weighted by Gasteiger charge is 2.34. The quantitative estimate of drug-likeness (QED) is 0.0213. The van der Waals surface area contributed by atoms with Gasteiger partial charge in [-0.15, -0.1) is 0 Å². The highest BCUT2D eigenvalue weighted by Crippen LogP contribution is 2.47. The SMILES string of the molecule is CCCCCCCC/C=C\CCCCCCCCCCCCCC(=O)C(/C=C\CCCCCCCC(=O)O[C@H](CO)COP(=O)([O-])C(CC)[N+](C)(C)C)CCCCCCC. The van der Waals surface area contributed by atoms with Gasteiger partial charge in [0.15, 0.2) is 13.4 Å². The molecule has 0 aliphatic carbocycles. The largest absolute Gasteiger partial charge is 0.774 e. The summed E-state index contributed by atoms with van der Waals surface area (Å²) in [5.41, 5.74) is 0. The van der Waals surface area contributed by atoms with Crippen LogP contribution in [-0.4, -0.2) is 67.6 Å². The van der Waals surface area contributed by atoms with Crippen molar-refractivity contribution in [2.75, 3.05) is 34.4 Å². The Morgan fingerprint density at radius 1 is 0.600 bits per heavy atom. The second-order valence-electron chi connectivity index (χ2n) is 18.6. The molecule has 0 heterocycles. The Hall–Kier alpha value is -1.31. The number of quaternary nitrogens is 1. The molecule has 0 saturated carbocycles. The van der Waals surface area contributed by atoms with Crippen LogP contribution in [0.4, 0.5) is 0 Å². The molecule has 0 spiro atoms. The third-order valence-electron chi connectivity index (χ3n) is 11.9. The Balaban J connectivity index is 4.18. The minimum Gasteiger partial charge on any atom is -0.774 e. The van der Waals surface area contributed by atoms with E-state index in [0.717, 1.165) is 51.4 Å². The van der Waals surface area contributed by atoms with Gasteiger partial charge in [-0.25, -0.2) is 0 Å². The molecule has 0 saturated heterocycles. The molecule has 0 aromatic heterocycles. The summed E-state index contributed by atoms with van der Waals surface area (Å²) < 4.78 is 23.4. The number of unbranched alkanes of at least 4 members (excludes halogenated alkanes) is 26. The minimum absolute atomic E-state index is 0.0539. The summed E-state index contributed by atoms with van der Waals surface area (Å²) in [5.74, 6) is -0.694. The van der Waals surface area contributed by atoms with E-state index in [4.69, 9.17) is 9.26 Å². The number of Topliss-reactive ketones (excluding diaryl/α,β-unsaturated/α-hetero) is 1. The van der Waals surface area contributed by atoms with Gasteiger partial charge < -0.3 is 28.3 Å². The predicted octanol–water partition coefficient (Wildman–Crippen LogP) is 14.1. The van der Waals surface area contributed by atoms with Crippen molar-refractivity contribution in [2.45, 2.75) is 251 Å². The van der Waals surface area contributed by atoms with Crippen molar-refractivity contribution >= 4 is 19.3 Å². The average Bonchev–Trinajstić information content (AvgIpc) is 3.20. The molecule has 3 unspecified atom stereocenters. The van der Waals surface area contributed by atoms with Crippen LogP contribution in [-0.2, 0) is 23.4 Å². The molecule has 4 atom stereocenters. The van der Waals surface area contributed by atoms with Gasteiger partial charge >= 0.3 is 5.97 Å². The molecule has 0 radical (unpaired) electrons. The minimum atomic E-state index is -4.22. The standard InChI is InChI=1S/C51H98NO7P/c1-7-10-12-14-15-16-17-18-19-20-21-22-23-24-25-26-27-28-31-35-39-43-49(54)47(41-37-33-13-11-8-2)42-38-34-30-29-32-36-40-44-51(55)59-48(45-53)46-58-60(56,57)50(9-3)52(4,5)6/h18-19,38,42,47-48,50,53H,7-17,20-37,39-41,43-46H2,1-6H3/b19-18-,42-38-/t47?,48-,50?/m1/s1. The Morgan fingerprint density at radius 2 is 1.02 bits per heavy atom. The summed E-state index contributed by atoms with van der Waals surface area (Å²) in [5, 5.41) is 9.64. The lowest BCUT2D eigenvalue weighted by Crippen LogP contribution is -2.47. The molecule has 9 heteroatoms. The van der Waals surface area contributed by atoms with Crippen LogP contribution in [0.5, 0.6) is 0 Å². The lowest BCUT2D eigenvalue weighted by molar-refractivity contribution is -0.884. The van der Waals surface area contributed by atoms with E-state index in [2.05, 4.69) is 38.2 Å². The fraction of sp³-hybridized carbons (Fsp3) is 0.882. The van der Waals surface area contributed by atoms with Crippen LogP contribution >= 0.6 is 7.60 Å². The van der Waals surface area contributed by atoms with Crippen molar-refractivity contribution in [1.82, 2.24) is 0 Å².